The summed E-state index contributed by atoms with van der Waals surface area (Å²) in [5.74, 6) is 0.815. The molecule has 1 N–H and O–H groups in total. The van der Waals surface area contributed by atoms with Gasteiger partial charge in [0.25, 0.3) is 0 Å². The van der Waals surface area contributed by atoms with Gasteiger partial charge in [-0.3, -0.25) is 0 Å². The number of anilines is 5. The molecule has 0 unspecified atom stereocenters. The van der Waals surface area contributed by atoms with Crippen molar-refractivity contribution in [2.45, 2.75) is 44.9 Å². The van der Waals surface area contributed by atoms with Crippen molar-refractivity contribution in [2.24, 2.45) is 0 Å². The number of nitrogens with one attached hydrogen (secondary N) is 1. The van der Waals surface area contributed by atoms with Crippen LogP contribution in [-0.2, 0) is 5.41 Å². The molecule has 2 aliphatic carbocycles. The van der Waals surface area contributed by atoms with Crippen molar-refractivity contribution in [3.05, 3.63) is 294 Å². The molecule has 0 saturated heterocycles. The fourth-order valence-electron chi connectivity index (χ4n) is 14.3. The first kappa shape index (κ1) is 48.7. The molecule has 0 bridgehead atoms. The predicted molar refractivity (Wildman–Crippen MR) is 349 cm³/mol. The van der Waals surface area contributed by atoms with Crippen LogP contribution in [-0.4, -0.2) is 0 Å². The summed E-state index contributed by atoms with van der Waals surface area (Å²) >= 11 is 0. The number of nitrogens with zero attached hydrogens (tertiary/aromatic N) is 1. The minimum absolute atomic E-state index is 0.325. The van der Waals surface area contributed by atoms with Gasteiger partial charge in [-0.1, -0.05) is 234 Å². The summed E-state index contributed by atoms with van der Waals surface area (Å²) in [5, 5.41) is 16.0. The van der Waals surface area contributed by atoms with Gasteiger partial charge >= 0.3 is 0 Å². The van der Waals surface area contributed by atoms with Crippen molar-refractivity contribution in [3.8, 4) is 22.3 Å². The molecule has 15 aromatic rings. The zero-order valence-corrected chi connectivity index (χ0v) is 46.7. The van der Waals surface area contributed by atoms with Crippen LogP contribution in [0.25, 0.3) is 98.4 Å². The fraction of sp³-hybridized carbons (Fsp3) is 0.0886. The molecule has 13 aromatic carbocycles. The standard InChI is InChI=1S/C64H44N2O.C15H14O/c1-39(2)43-29-17-30-51-52-31-18-34-58(63(52)67-62(43)51)66(41-21-7-4-8-22-41)42-35-36-50-53(37-42)44-23-9-11-27-48(44)59-54-38-57(65-40-19-5-3-6-20-40)47-26-10-12-28-49(47)60(54)64(61(50)59)55-32-15-13-24-45(55)46-25-14-16-33-56(46)64;1-10(2)11-7-5-8-13-12-6-3-4-9-14(12)16-15(11)13/h3-39,65H,1-2H3;3-10H,1-2H3. The molecule has 2 aliphatic rings. The normalized spacial score (nSPS) is 12.9. The van der Waals surface area contributed by atoms with Gasteiger partial charge < -0.3 is 19.1 Å². The van der Waals surface area contributed by atoms with Crippen LogP contribution in [0.3, 0.4) is 0 Å². The van der Waals surface area contributed by atoms with Gasteiger partial charge in [0.2, 0.25) is 0 Å². The Morgan fingerprint density at radius 3 is 1.55 bits per heavy atom. The van der Waals surface area contributed by atoms with Crippen molar-refractivity contribution >= 4 is 105 Å². The van der Waals surface area contributed by atoms with Crippen LogP contribution in [0, 0.1) is 0 Å². The zero-order valence-electron chi connectivity index (χ0n) is 46.7. The molecule has 0 atom stereocenters. The molecule has 0 amide bonds. The van der Waals surface area contributed by atoms with Gasteiger partial charge in [-0.25, -0.2) is 0 Å². The highest BCUT2D eigenvalue weighted by molar-refractivity contribution is 6.23. The van der Waals surface area contributed by atoms with E-state index >= 15 is 0 Å². The first-order valence-corrected chi connectivity index (χ1v) is 29.1. The average Bonchev–Trinajstić information content (AvgIpc) is 1.72. The molecule has 17 rings (SSSR count). The van der Waals surface area contributed by atoms with E-state index in [1.165, 1.54) is 98.7 Å². The molecule has 0 saturated carbocycles. The molecule has 0 fully saturated rings. The molecule has 4 heteroatoms. The molecule has 2 aromatic heterocycles. The van der Waals surface area contributed by atoms with Crippen LogP contribution < -0.4 is 10.2 Å². The van der Waals surface area contributed by atoms with Crippen LogP contribution in [0.15, 0.2) is 270 Å². The zero-order chi connectivity index (χ0) is 55.5. The molecule has 1 spiro atoms. The van der Waals surface area contributed by atoms with Crippen LogP contribution >= 0.6 is 0 Å². The van der Waals surface area contributed by atoms with E-state index in [0.717, 1.165) is 61.5 Å². The van der Waals surface area contributed by atoms with E-state index in [2.05, 4.69) is 287 Å². The van der Waals surface area contributed by atoms with E-state index in [1.807, 2.05) is 12.1 Å². The second-order valence-electron chi connectivity index (χ2n) is 23.0. The van der Waals surface area contributed by atoms with E-state index < -0.39 is 5.41 Å². The number of rotatable bonds is 7. The van der Waals surface area contributed by atoms with E-state index in [9.17, 15) is 0 Å². The Morgan fingerprint density at radius 2 is 0.867 bits per heavy atom. The smallest absolute Gasteiger partial charge is 0.159 e. The maximum Gasteiger partial charge on any atom is 0.159 e. The summed E-state index contributed by atoms with van der Waals surface area (Å²) in [5.41, 5.74) is 21.6. The summed E-state index contributed by atoms with van der Waals surface area (Å²) in [4.78, 5) is 2.39. The monoisotopic (exact) mass is 1070 g/mol. The van der Waals surface area contributed by atoms with Gasteiger partial charge in [-0.05, 0) is 149 Å². The molecule has 396 valence electrons. The number of benzene rings is 13. The highest BCUT2D eigenvalue weighted by atomic mass is 16.3. The summed E-state index contributed by atoms with van der Waals surface area (Å²) in [6.45, 7) is 8.87. The second-order valence-corrected chi connectivity index (χ2v) is 23.0. The van der Waals surface area contributed by atoms with Crippen molar-refractivity contribution < 1.29 is 8.83 Å². The van der Waals surface area contributed by atoms with Gasteiger partial charge in [0, 0.05) is 49.7 Å². The van der Waals surface area contributed by atoms with E-state index in [-0.39, 0.29) is 0 Å². The molecule has 4 nitrogen and oxygen atoms in total. The molecule has 0 aliphatic heterocycles. The van der Waals surface area contributed by atoms with Gasteiger partial charge in [0.1, 0.15) is 16.7 Å². The number of hydrogen-bond donors (Lipinski definition) is 1. The first-order chi connectivity index (χ1) is 40.9. The predicted octanol–water partition coefficient (Wildman–Crippen LogP) is 22.4. The lowest BCUT2D eigenvalue weighted by Gasteiger charge is -2.33. The van der Waals surface area contributed by atoms with Crippen molar-refractivity contribution in [1.29, 1.82) is 0 Å². The third kappa shape index (κ3) is 7.25. The Bertz CT molecular complexity index is 5040. The SMILES string of the molecule is CC(C)c1cccc2c1oc1c(N(c3ccccc3)c3ccc4c5c(c6ccccc6c4c3)-c3cc(Nc4ccccc4)c4ccccc4c3C53c4ccccc4-c4ccccc43)cccc12.CC(C)c1cccc2c1oc1ccccc12. The number of furan rings is 2. The lowest BCUT2D eigenvalue weighted by molar-refractivity contribution is 0.656. The Labute approximate surface area is 482 Å². The summed E-state index contributed by atoms with van der Waals surface area (Å²) < 4.78 is 13.0. The van der Waals surface area contributed by atoms with Crippen LogP contribution in [0.2, 0.25) is 0 Å². The van der Waals surface area contributed by atoms with Crippen LogP contribution in [0.1, 0.15) is 72.9 Å². The Hall–Kier alpha value is -10.2. The Kier molecular flexibility index (Phi) is 11.1. The Balaban J connectivity index is 0.000000304. The van der Waals surface area contributed by atoms with Gasteiger partial charge in [0.15, 0.2) is 5.58 Å². The lowest BCUT2D eigenvalue weighted by Crippen LogP contribution is -2.26. The van der Waals surface area contributed by atoms with Crippen molar-refractivity contribution in [3.63, 3.8) is 0 Å². The van der Waals surface area contributed by atoms with Gasteiger partial charge in [-0.2, -0.15) is 0 Å². The van der Waals surface area contributed by atoms with Gasteiger partial charge in [-0.15, -0.1) is 0 Å². The highest BCUT2D eigenvalue weighted by Gasteiger charge is 2.54. The molecule has 83 heavy (non-hydrogen) atoms. The lowest BCUT2D eigenvalue weighted by atomic mass is 9.68. The molecule has 2 heterocycles. The largest absolute Gasteiger partial charge is 0.456 e. The van der Waals surface area contributed by atoms with E-state index in [0.29, 0.717) is 11.8 Å². The summed E-state index contributed by atoms with van der Waals surface area (Å²) in [6.07, 6.45) is 0. The Morgan fingerprint density at radius 1 is 0.349 bits per heavy atom. The maximum atomic E-state index is 7.02. The van der Waals surface area contributed by atoms with Crippen molar-refractivity contribution in [2.75, 3.05) is 10.2 Å². The summed E-state index contributed by atoms with van der Waals surface area (Å²) in [6, 6.07) is 95.2. The molecule has 0 radical (unpaired) electrons. The number of hydrogen-bond acceptors (Lipinski definition) is 4. The third-order valence-electron chi connectivity index (χ3n) is 17.8. The highest BCUT2D eigenvalue weighted by Crippen LogP contribution is 2.67. The minimum Gasteiger partial charge on any atom is -0.456 e. The first-order valence-electron chi connectivity index (χ1n) is 29.1. The molecular weight excluding hydrogens is 1010 g/mol. The topological polar surface area (TPSA) is 41.6 Å². The van der Waals surface area contributed by atoms with E-state index in [4.69, 9.17) is 8.83 Å². The quantitative estimate of drug-likeness (QED) is 0.162. The molecular formula is C79H58N2O2. The van der Waals surface area contributed by atoms with Crippen molar-refractivity contribution in [1.82, 2.24) is 0 Å². The fourth-order valence-corrected chi connectivity index (χ4v) is 14.3. The summed E-state index contributed by atoms with van der Waals surface area (Å²) in [7, 11) is 0. The van der Waals surface area contributed by atoms with Crippen LogP contribution in [0.5, 0.6) is 0 Å². The average molecular weight is 1070 g/mol. The maximum absolute atomic E-state index is 7.02. The van der Waals surface area contributed by atoms with E-state index in [1.54, 1.807) is 0 Å². The third-order valence-corrected chi connectivity index (χ3v) is 17.8. The second kappa shape index (κ2) is 19.0. The van der Waals surface area contributed by atoms with Gasteiger partial charge in [0.05, 0.1) is 11.1 Å². The van der Waals surface area contributed by atoms with Crippen LogP contribution in [0.4, 0.5) is 28.4 Å². The number of fused-ring (bicyclic) bond motifs is 23. The number of para-hydroxylation sites is 6. The minimum atomic E-state index is -0.598.